The van der Waals surface area contributed by atoms with Crippen LogP contribution in [0, 0.1) is 3.57 Å². The number of carbonyl (C=O) groups excluding carboxylic acids is 1. The van der Waals surface area contributed by atoms with Crippen LogP contribution in [0.1, 0.15) is 29.6 Å². The van der Waals surface area contributed by atoms with Crippen LogP contribution < -0.4 is 0 Å². The Balaban J connectivity index is 2.16. The number of rotatable bonds is 7. The number of carbonyl (C=O) groups is 1. The maximum Gasteiger partial charge on any atom is 0.338 e. The van der Waals surface area contributed by atoms with Crippen molar-refractivity contribution >= 4 is 28.6 Å². The zero-order valence-electron chi connectivity index (χ0n) is 11.0. The Hall–Kier alpha value is -0.620. The molecule has 4 heteroatoms. The summed E-state index contributed by atoms with van der Waals surface area (Å²) in [5.41, 5.74) is 0.628. The number of hydrogen-bond acceptors (Lipinski definition) is 3. The lowest BCUT2D eigenvalue weighted by molar-refractivity contribution is 0.0497. The first-order chi connectivity index (χ1) is 8.59. The largest absolute Gasteiger partial charge is 0.462 e. The Kier molecular flexibility index (Phi) is 7.27. The van der Waals surface area contributed by atoms with E-state index in [4.69, 9.17) is 4.74 Å². The quantitative estimate of drug-likeness (QED) is 0.425. The molecule has 100 valence electrons. The molecule has 0 radical (unpaired) electrons. The normalized spacial score (nSPS) is 10.7. The first-order valence-electron chi connectivity index (χ1n) is 6.17. The molecule has 0 heterocycles. The van der Waals surface area contributed by atoms with E-state index in [9.17, 15) is 4.79 Å². The molecule has 0 fully saturated rings. The molecule has 0 saturated carbocycles. The highest BCUT2D eigenvalue weighted by atomic mass is 127. The first kappa shape index (κ1) is 15.4. The van der Waals surface area contributed by atoms with Gasteiger partial charge in [0.1, 0.15) is 0 Å². The van der Waals surface area contributed by atoms with E-state index in [0.29, 0.717) is 12.2 Å². The molecule has 0 atom stereocenters. The SMILES string of the molecule is CN(C)CCCCCOC(=O)c1ccc(I)cc1. The molecule has 0 saturated heterocycles. The summed E-state index contributed by atoms with van der Waals surface area (Å²) < 4.78 is 6.34. The third-order valence-corrected chi connectivity index (χ3v) is 3.28. The molecule has 3 nitrogen and oxygen atoms in total. The summed E-state index contributed by atoms with van der Waals surface area (Å²) in [6, 6.07) is 7.43. The molecule has 0 amide bonds. The molecule has 0 spiro atoms. The molecule has 0 aliphatic carbocycles. The first-order valence-corrected chi connectivity index (χ1v) is 7.25. The zero-order valence-corrected chi connectivity index (χ0v) is 13.1. The van der Waals surface area contributed by atoms with Crippen LogP contribution >= 0.6 is 22.6 Å². The molecule has 0 aliphatic rings. The lowest BCUT2D eigenvalue weighted by Gasteiger charge is -2.09. The van der Waals surface area contributed by atoms with Crippen LogP contribution in [0.4, 0.5) is 0 Å². The summed E-state index contributed by atoms with van der Waals surface area (Å²) in [6.07, 6.45) is 3.18. The van der Waals surface area contributed by atoms with Crippen LogP contribution in [0.3, 0.4) is 0 Å². The summed E-state index contributed by atoms with van der Waals surface area (Å²) >= 11 is 2.21. The average Bonchev–Trinajstić information content (AvgIpc) is 2.34. The zero-order chi connectivity index (χ0) is 13.4. The van der Waals surface area contributed by atoms with Crippen LogP contribution in [0.2, 0.25) is 0 Å². The minimum absolute atomic E-state index is 0.223. The van der Waals surface area contributed by atoms with E-state index in [-0.39, 0.29) is 5.97 Å². The molecule has 0 aromatic heterocycles. The number of esters is 1. The van der Waals surface area contributed by atoms with Gasteiger partial charge in [-0.05, 0) is 86.8 Å². The van der Waals surface area contributed by atoms with Gasteiger partial charge in [0.15, 0.2) is 0 Å². The fraction of sp³-hybridized carbons (Fsp3) is 0.500. The number of unbranched alkanes of at least 4 members (excludes halogenated alkanes) is 2. The molecular weight excluding hydrogens is 341 g/mol. The van der Waals surface area contributed by atoms with Gasteiger partial charge < -0.3 is 9.64 Å². The van der Waals surface area contributed by atoms with Gasteiger partial charge in [0, 0.05) is 3.57 Å². The molecule has 0 aliphatic heterocycles. The Morgan fingerprint density at radius 1 is 1.17 bits per heavy atom. The van der Waals surface area contributed by atoms with Crippen molar-refractivity contribution in [3.05, 3.63) is 33.4 Å². The van der Waals surface area contributed by atoms with Crippen LogP contribution in [-0.2, 0) is 4.74 Å². The van der Waals surface area contributed by atoms with Gasteiger partial charge in [0.2, 0.25) is 0 Å². The summed E-state index contributed by atoms with van der Waals surface area (Å²) in [4.78, 5) is 13.8. The fourth-order valence-corrected chi connectivity index (χ4v) is 1.90. The Bertz CT molecular complexity index is 363. The third-order valence-electron chi connectivity index (χ3n) is 2.56. The van der Waals surface area contributed by atoms with Crippen LogP contribution in [-0.4, -0.2) is 38.1 Å². The fourth-order valence-electron chi connectivity index (χ4n) is 1.54. The van der Waals surface area contributed by atoms with E-state index < -0.39 is 0 Å². The van der Waals surface area contributed by atoms with Crippen LogP contribution in [0.25, 0.3) is 0 Å². The lowest BCUT2D eigenvalue weighted by Crippen LogP contribution is -2.13. The summed E-state index contributed by atoms with van der Waals surface area (Å²) in [5.74, 6) is -0.223. The van der Waals surface area contributed by atoms with Crippen molar-refractivity contribution < 1.29 is 9.53 Å². The molecule has 0 bridgehead atoms. The van der Waals surface area contributed by atoms with Gasteiger partial charge >= 0.3 is 5.97 Å². The number of ether oxygens (including phenoxy) is 1. The second kappa shape index (κ2) is 8.48. The molecule has 1 rings (SSSR count). The Morgan fingerprint density at radius 2 is 1.83 bits per heavy atom. The summed E-state index contributed by atoms with van der Waals surface area (Å²) in [7, 11) is 4.13. The van der Waals surface area contributed by atoms with Crippen molar-refractivity contribution in [2.75, 3.05) is 27.2 Å². The van der Waals surface area contributed by atoms with E-state index in [1.807, 2.05) is 12.1 Å². The van der Waals surface area contributed by atoms with Gasteiger partial charge in [-0.1, -0.05) is 0 Å². The molecule has 1 aromatic rings. The van der Waals surface area contributed by atoms with Crippen molar-refractivity contribution in [3.63, 3.8) is 0 Å². The van der Waals surface area contributed by atoms with Crippen molar-refractivity contribution in [1.82, 2.24) is 4.90 Å². The smallest absolute Gasteiger partial charge is 0.338 e. The van der Waals surface area contributed by atoms with Gasteiger partial charge in [-0.2, -0.15) is 0 Å². The molecule has 0 unspecified atom stereocenters. The van der Waals surface area contributed by atoms with Crippen molar-refractivity contribution in [2.24, 2.45) is 0 Å². The van der Waals surface area contributed by atoms with Crippen molar-refractivity contribution in [2.45, 2.75) is 19.3 Å². The predicted octanol–water partition coefficient (Wildman–Crippen LogP) is 3.18. The van der Waals surface area contributed by atoms with Gasteiger partial charge in [-0.25, -0.2) is 4.79 Å². The standard InChI is InChI=1S/C14H20INO2/c1-16(2)10-4-3-5-11-18-14(17)12-6-8-13(15)9-7-12/h6-9H,3-5,10-11H2,1-2H3. The summed E-state index contributed by atoms with van der Waals surface area (Å²) in [6.45, 7) is 1.60. The lowest BCUT2D eigenvalue weighted by atomic mass is 10.2. The maximum absolute atomic E-state index is 11.7. The summed E-state index contributed by atoms with van der Waals surface area (Å²) in [5, 5.41) is 0. The van der Waals surface area contributed by atoms with Gasteiger partial charge in [-0.15, -0.1) is 0 Å². The Labute approximate surface area is 123 Å². The third kappa shape index (κ3) is 6.35. The Morgan fingerprint density at radius 3 is 2.44 bits per heavy atom. The minimum Gasteiger partial charge on any atom is -0.462 e. The van der Waals surface area contributed by atoms with E-state index >= 15 is 0 Å². The van der Waals surface area contributed by atoms with E-state index in [1.54, 1.807) is 12.1 Å². The van der Waals surface area contributed by atoms with Crippen molar-refractivity contribution in [3.8, 4) is 0 Å². The number of halogens is 1. The van der Waals surface area contributed by atoms with Crippen LogP contribution in [0.15, 0.2) is 24.3 Å². The topological polar surface area (TPSA) is 29.5 Å². The highest BCUT2D eigenvalue weighted by Crippen LogP contribution is 2.08. The van der Waals surface area contributed by atoms with Crippen LogP contribution in [0.5, 0.6) is 0 Å². The second-order valence-electron chi connectivity index (χ2n) is 4.51. The maximum atomic E-state index is 11.7. The van der Waals surface area contributed by atoms with Gasteiger partial charge in [0.05, 0.1) is 12.2 Å². The molecule has 18 heavy (non-hydrogen) atoms. The highest BCUT2D eigenvalue weighted by Gasteiger charge is 2.05. The molecule has 1 aromatic carbocycles. The number of nitrogens with zero attached hydrogens (tertiary/aromatic N) is 1. The van der Waals surface area contributed by atoms with E-state index in [2.05, 4.69) is 41.6 Å². The molecule has 0 N–H and O–H groups in total. The second-order valence-corrected chi connectivity index (χ2v) is 5.75. The van der Waals surface area contributed by atoms with Gasteiger partial charge in [-0.3, -0.25) is 0 Å². The van der Waals surface area contributed by atoms with E-state index in [0.717, 1.165) is 29.4 Å². The number of benzene rings is 1. The minimum atomic E-state index is -0.223. The molecular formula is C14H20INO2. The number of hydrogen-bond donors (Lipinski definition) is 0. The highest BCUT2D eigenvalue weighted by molar-refractivity contribution is 14.1. The van der Waals surface area contributed by atoms with Crippen molar-refractivity contribution in [1.29, 1.82) is 0 Å². The van der Waals surface area contributed by atoms with E-state index in [1.165, 1.54) is 0 Å². The average molecular weight is 361 g/mol. The predicted molar refractivity (Wildman–Crippen MR) is 81.8 cm³/mol. The van der Waals surface area contributed by atoms with Gasteiger partial charge in [0.25, 0.3) is 0 Å². The monoisotopic (exact) mass is 361 g/mol.